The van der Waals surface area contributed by atoms with Crippen molar-refractivity contribution in [1.82, 2.24) is 0 Å². The lowest BCUT2D eigenvalue weighted by molar-refractivity contribution is 0.0997. The predicted molar refractivity (Wildman–Crippen MR) is 108 cm³/mol. The number of anilines is 1. The van der Waals surface area contributed by atoms with Crippen molar-refractivity contribution in [2.75, 3.05) is 5.32 Å². The summed E-state index contributed by atoms with van der Waals surface area (Å²) in [4.78, 5) is 12.8. The van der Waals surface area contributed by atoms with Crippen LogP contribution in [0.15, 0.2) is 40.8 Å². The molecule has 2 aromatic carbocycles. The predicted octanol–water partition coefficient (Wildman–Crippen LogP) is 6.16. The fourth-order valence-corrected chi connectivity index (χ4v) is 3.18. The van der Waals surface area contributed by atoms with Gasteiger partial charge in [0.2, 0.25) is 0 Å². The number of aryl methyl sites for hydroxylation is 3. The van der Waals surface area contributed by atoms with Gasteiger partial charge in [-0.1, -0.05) is 39.8 Å². The van der Waals surface area contributed by atoms with Crippen LogP contribution in [-0.2, 0) is 11.8 Å². The highest BCUT2D eigenvalue weighted by Crippen LogP contribution is 2.30. The third-order valence-corrected chi connectivity index (χ3v) is 4.98. The Hall–Kier alpha value is -2.55. The Morgan fingerprint density at radius 3 is 2.23 bits per heavy atom. The molecule has 26 heavy (non-hydrogen) atoms. The normalized spacial score (nSPS) is 11.8. The SMILES string of the molecule is CCc1c(C(=O)Nc2ccc(C(C)(C)C)cc2)oc2cc(C)c(C)cc12. The molecule has 1 amide bonds. The van der Waals surface area contributed by atoms with Crippen LogP contribution in [0.3, 0.4) is 0 Å². The molecular formula is C23H27NO2. The molecule has 3 heteroatoms. The van der Waals surface area contributed by atoms with Crippen molar-refractivity contribution in [2.45, 2.75) is 53.4 Å². The van der Waals surface area contributed by atoms with Gasteiger partial charge in [0.1, 0.15) is 5.58 Å². The van der Waals surface area contributed by atoms with E-state index in [1.54, 1.807) is 0 Å². The van der Waals surface area contributed by atoms with E-state index in [0.717, 1.165) is 28.6 Å². The minimum absolute atomic E-state index is 0.0897. The summed E-state index contributed by atoms with van der Waals surface area (Å²) in [5.41, 5.74) is 6.21. The molecule has 0 aliphatic rings. The van der Waals surface area contributed by atoms with Crippen LogP contribution in [0.25, 0.3) is 11.0 Å². The topological polar surface area (TPSA) is 42.2 Å². The van der Waals surface area contributed by atoms with Crippen LogP contribution in [0.4, 0.5) is 5.69 Å². The summed E-state index contributed by atoms with van der Waals surface area (Å²) in [7, 11) is 0. The third-order valence-electron chi connectivity index (χ3n) is 4.98. The number of amides is 1. The number of hydrogen-bond acceptors (Lipinski definition) is 2. The summed E-state index contributed by atoms with van der Waals surface area (Å²) in [6, 6.07) is 12.1. The van der Waals surface area contributed by atoms with E-state index in [9.17, 15) is 4.79 Å². The smallest absolute Gasteiger partial charge is 0.291 e. The third kappa shape index (κ3) is 3.39. The fourth-order valence-electron chi connectivity index (χ4n) is 3.18. The Morgan fingerprint density at radius 1 is 1.04 bits per heavy atom. The first kappa shape index (κ1) is 18.2. The van der Waals surface area contributed by atoms with Crippen LogP contribution in [0.1, 0.15) is 60.5 Å². The van der Waals surface area contributed by atoms with Crippen molar-refractivity contribution >= 4 is 22.6 Å². The number of benzene rings is 2. The Bertz CT molecular complexity index is 957. The monoisotopic (exact) mass is 349 g/mol. The van der Waals surface area contributed by atoms with Crippen LogP contribution in [0.5, 0.6) is 0 Å². The van der Waals surface area contributed by atoms with E-state index in [4.69, 9.17) is 4.42 Å². The molecule has 0 bridgehead atoms. The average molecular weight is 349 g/mol. The molecule has 3 aromatic rings. The first-order chi connectivity index (χ1) is 12.2. The number of carbonyl (C=O) groups excluding carboxylic acids is 1. The van der Waals surface area contributed by atoms with Crippen molar-refractivity contribution in [2.24, 2.45) is 0 Å². The molecule has 0 aliphatic heterocycles. The van der Waals surface area contributed by atoms with E-state index >= 15 is 0 Å². The minimum Gasteiger partial charge on any atom is -0.451 e. The van der Waals surface area contributed by atoms with Gasteiger partial charge < -0.3 is 9.73 Å². The van der Waals surface area contributed by atoms with Gasteiger partial charge in [-0.3, -0.25) is 4.79 Å². The van der Waals surface area contributed by atoms with Crippen LogP contribution in [0, 0.1) is 13.8 Å². The first-order valence-electron chi connectivity index (χ1n) is 9.15. The number of hydrogen-bond donors (Lipinski definition) is 1. The quantitative estimate of drug-likeness (QED) is 0.615. The maximum absolute atomic E-state index is 12.8. The van der Waals surface area contributed by atoms with Crippen molar-refractivity contribution in [3.63, 3.8) is 0 Å². The lowest BCUT2D eigenvalue weighted by Gasteiger charge is -2.19. The summed E-state index contributed by atoms with van der Waals surface area (Å²) in [6.45, 7) is 12.7. The summed E-state index contributed by atoms with van der Waals surface area (Å²) in [5, 5.41) is 4.00. The zero-order chi connectivity index (χ0) is 19.1. The van der Waals surface area contributed by atoms with E-state index in [-0.39, 0.29) is 11.3 Å². The molecule has 0 saturated carbocycles. The van der Waals surface area contributed by atoms with Crippen molar-refractivity contribution < 1.29 is 9.21 Å². The minimum atomic E-state index is -0.197. The summed E-state index contributed by atoms with van der Waals surface area (Å²) in [6.07, 6.45) is 0.751. The van der Waals surface area contributed by atoms with E-state index in [1.807, 2.05) is 25.1 Å². The number of nitrogens with one attached hydrogen (secondary N) is 1. The summed E-state index contributed by atoms with van der Waals surface area (Å²) in [5.74, 6) is 0.212. The molecule has 136 valence electrons. The molecule has 0 fully saturated rings. The number of carbonyl (C=O) groups is 1. The van der Waals surface area contributed by atoms with E-state index in [2.05, 4.69) is 58.1 Å². The standard InChI is InChI=1S/C23H27NO2/c1-7-18-19-12-14(2)15(3)13-20(19)26-21(18)22(25)24-17-10-8-16(9-11-17)23(4,5)6/h8-13H,7H2,1-6H3,(H,24,25). The Labute approximate surface area is 155 Å². The van der Waals surface area contributed by atoms with E-state index in [1.165, 1.54) is 16.7 Å². The number of rotatable bonds is 3. The molecule has 1 aromatic heterocycles. The van der Waals surface area contributed by atoms with Gasteiger partial charge in [-0.25, -0.2) is 0 Å². The number of fused-ring (bicyclic) bond motifs is 1. The fraction of sp³-hybridized carbons (Fsp3) is 0.348. The van der Waals surface area contributed by atoms with Crippen LogP contribution in [0.2, 0.25) is 0 Å². The molecule has 0 unspecified atom stereocenters. The Kier molecular flexibility index (Phi) is 4.66. The van der Waals surface area contributed by atoms with Crippen molar-refractivity contribution in [1.29, 1.82) is 0 Å². The van der Waals surface area contributed by atoms with Gasteiger partial charge in [0.25, 0.3) is 5.91 Å². The van der Waals surface area contributed by atoms with Gasteiger partial charge >= 0.3 is 0 Å². The van der Waals surface area contributed by atoms with Gasteiger partial charge in [0, 0.05) is 16.6 Å². The van der Waals surface area contributed by atoms with Gasteiger partial charge in [0.05, 0.1) is 0 Å². The van der Waals surface area contributed by atoms with Gasteiger partial charge in [0.15, 0.2) is 5.76 Å². The van der Waals surface area contributed by atoms with Gasteiger partial charge in [-0.15, -0.1) is 0 Å². The van der Waals surface area contributed by atoms with Gasteiger partial charge in [-0.05, 0) is 66.6 Å². The largest absolute Gasteiger partial charge is 0.451 e. The lowest BCUT2D eigenvalue weighted by Crippen LogP contribution is -2.14. The highest BCUT2D eigenvalue weighted by Gasteiger charge is 2.20. The van der Waals surface area contributed by atoms with E-state index in [0.29, 0.717) is 5.76 Å². The van der Waals surface area contributed by atoms with Crippen LogP contribution >= 0.6 is 0 Å². The van der Waals surface area contributed by atoms with Crippen molar-refractivity contribution in [3.05, 3.63) is 64.4 Å². The highest BCUT2D eigenvalue weighted by molar-refractivity contribution is 6.06. The lowest BCUT2D eigenvalue weighted by atomic mass is 9.87. The van der Waals surface area contributed by atoms with Crippen molar-refractivity contribution in [3.8, 4) is 0 Å². The molecule has 0 spiro atoms. The molecule has 1 N–H and O–H groups in total. The van der Waals surface area contributed by atoms with Crippen LogP contribution < -0.4 is 5.32 Å². The molecule has 0 radical (unpaired) electrons. The molecule has 3 nitrogen and oxygen atoms in total. The maximum atomic E-state index is 12.8. The Balaban J connectivity index is 1.92. The van der Waals surface area contributed by atoms with E-state index < -0.39 is 0 Å². The molecular weight excluding hydrogens is 322 g/mol. The average Bonchev–Trinajstić information content (AvgIpc) is 2.92. The summed E-state index contributed by atoms with van der Waals surface area (Å²) < 4.78 is 5.93. The summed E-state index contributed by atoms with van der Waals surface area (Å²) >= 11 is 0. The highest BCUT2D eigenvalue weighted by atomic mass is 16.3. The molecule has 3 rings (SSSR count). The second kappa shape index (κ2) is 6.64. The van der Waals surface area contributed by atoms with Crippen LogP contribution in [-0.4, -0.2) is 5.91 Å². The Morgan fingerprint density at radius 2 is 1.65 bits per heavy atom. The second-order valence-electron chi connectivity index (χ2n) is 7.98. The molecule has 0 aliphatic carbocycles. The molecule has 0 atom stereocenters. The maximum Gasteiger partial charge on any atom is 0.291 e. The second-order valence-corrected chi connectivity index (χ2v) is 7.98. The molecule has 1 heterocycles. The van der Waals surface area contributed by atoms with Gasteiger partial charge in [-0.2, -0.15) is 0 Å². The number of furan rings is 1. The zero-order valence-electron chi connectivity index (χ0n) is 16.5. The molecule has 0 saturated heterocycles. The first-order valence-corrected chi connectivity index (χ1v) is 9.15. The zero-order valence-corrected chi connectivity index (χ0v) is 16.5.